The van der Waals surface area contributed by atoms with E-state index in [0.29, 0.717) is 13.2 Å². The topological polar surface area (TPSA) is 64.4 Å². The summed E-state index contributed by atoms with van der Waals surface area (Å²) in [4.78, 5) is 11.4. The molecule has 1 aromatic carbocycles. The first kappa shape index (κ1) is 21.6. The zero-order chi connectivity index (χ0) is 22.5. The minimum absolute atomic E-state index is 0.0375. The second-order valence-electron chi connectivity index (χ2n) is 8.26. The van der Waals surface area contributed by atoms with Gasteiger partial charge in [0.2, 0.25) is 0 Å². The minimum Gasteiger partial charge on any atom is -0.383 e. The molecule has 1 aliphatic heterocycles. The van der Waals surface area contributed by atoms with Gasteiger partial charge in [0.05, 0.1) is 30.8 Å². The van der Waals surface area contributed by atoms with Gasteiger partial charge >= 0.3 is 0 Å². The van der Waals surface area contributed by atoms with E-state index in [4.69, 9.17) is 9.47 Å². The molecule has 0 unspecified atom stereocenters. The molecule has 0 radical (unpaired) electrons. The third-order valence-electron chi connectivity index (χ3n) is 6.01. The standard InChI is InChI=1S/C26H29N5O2/c1-32-14-13-31-18-20(22-6-2-3-7-24(22)31)17-30-12-15-33-25(19-30)23-10-9-21(16-28-23)29-26-8-4-5-11-27-26/h2-11,16,18,25H,12-15,17,19H2,1H3,(H,27,29)/t25-/m0/s1. The van der Waals surface area contributed by atoms with Crippen molar-refractivity contribution >= 4 is 22.4 Å². The molecule has 4 heterocycles. The van der Waals surface area contributed by atoms with Crippen molar-refractivity contribution in [2.24, 2.45) is 0 Å². The molecule has 0 amide bonds. The lowest BCUT2D eigenvalue weighted by molar-refractivity contribution is -0.0348. The van der Waals surface area contributed by atoms with Crippen molar-refractivity contribution in [3.63, 3.8) is 0 Å². The monoisotopic (exact) mass is 443 g/mol. The molecule has 1 fully saturated rings. The summed E-state index contributed by atoms with van der Waals surface area (Å²) in [5.41, 5.74) is 4.46. The van der Waals surface area contributed by atoms with Crippen LogP contribution in [0.5, 0.6) is 0 Å². The van der Waals surface area contributed by atoms with E-state index >= 15 is 0 Å². The highest BCUT2D eigenvalue weighted by Gasteiger charge is 2.24. The van der Waals surface area contributed by atoms with Crippen LogP contribution in [0.15, 0.2) is 73.2 Å². The number of ether oxygens (including phenoxy) is 2. The van der Waals surface area contributed by atoms with Crippen molar-refractivity contribution in [2.75, 3.05) is 38.7 Å². The van der Waals surface area contributed by atoms with Crippen molar-refractivity contribution in [2.45, 2.75) is 19.2 Å². The molecule has 170 valence electrons. The summed E-state index contributed by atoms with van der Waals surface area (Å²) in [7, 11) is 1.75. The van der Waals surface area contributed by atoms with E-state index in [1.54, 1.807) is 13.3 Å². The Morgan fingerprint density at radius 3 is 2.82 bits per heavy atom. The number of methoxy groups -OCH3 is 1. The van der Waals surface area contributed by atoms with Gasteiger partial charge in [-0.15, -0.1) is 0 Å². The summed E-state index contributed by atoms with van der Waals surface area (Å²) in [5.74, 6) is 0.803. The lowest BCUT2D eigenvalue weighted by atomic mass is 10.1. The SMILES string of the molecule is COCCn1cc(CN2CCO[C@H](c3ccc(Nc4ccccn4)cn3)C2)c2ccccc21. The molecule has 5 rings (SSSR count). The molecule has 1 aliphatic rings. The summed E-state index contributed by atoms with van der Waals surface area (Å²) >= 11 is 0. The molecule has 1 saturated heterocycles. The van der Waals surface area contributed by atoms with Gasteiger partial charge in [0.15, 0.2) is 0 Å². The van der Waals surface area contributed by atoms with E-state index < -0.39 is 0 Å². The maximum atomic E-state index is 6.08. The maximum absolute atomic E-state index is 6.08. The lowest BCUT2D eigenvalue weighted by Gasteiger charge is -2.32. The van der Waals surface area contributed by atoms with Crippen LogP contribution in [-0.2, 0) is 22.6 Å². The Morgan fingerprint density at radius 2 is 2.00 bits per heavy atom. The van der Waals surface area contributed by atoms with Crippen molar-refractivity contribution in [3.8, 4) is 0 Å². The lowest BCUT2D eigenvalue weighted by Crippen LogP contribution is -2.38. The van der Waals surface area contributed by atoms with Crippen LogP contribution < -0.4 is 5.32 Å². The predicted octanol–water partition coefficient (Wildman–Crippen LogP) is 4.39. The number of hydrogen-bond donors (Lipinski definition) is 1. The van der Waals surface area contributed by atoms with E-state index in [0.717, 1.165) is 43.4 Å². The first-order valence-electron chi connectivity index (χ1n) is 11.3. The number of hydrogen-bond acceptors (Lipinski definition) is 6. The van der Waals surface area contributed by atoms with E-state index in [2.05, 4.69) is 55.2 Å². The highest BCUT2D eigenvalue weighted by molar-refractivity contribution is 5.83. The largest absolute Gasteiger partial charge is 0.383 e. The predicted molar refractivity (Wildman–Crippen MR) is 130 cm³/mol. The fourth-order valence-corrected chi connectivity index (χ4v) is 4.34. The average Bonchev–Trinajstić information content (AvgIpc) is 3.21. The Labute approximate surface area is 194 Å². The number of rotatable bonds is 8. The Hall–Kier alpha value is -3.26. The molecule has 3 aromatic heterocycles. The highest BCUT2D eigenvalue weighted by Crippen LogP contribution is 2.27. The number of para-hydroxylation sites is 1. The number of nitrogens with zero attached hydrogens (tertiary/aromatic N) is 4. The fraction of sp³-hybridized carbons (Fsp3) is 0.308. The number of fused-ring (bicyclic) bond motifs is 1. The first-order chi connectivity index (χ1) is 16.3. The smallest absolute Gasteiger partial charge is 0.130 e. The van der Waals surface area contributed by atoms with Crippen LogP contribution in [0.2, 0.25) is 0 Å². The van der Waals surface area contributed by atoms with E-state index in [1.165, 1.54) is 16.5 Å². The highest BCUT2D eigenvalue weighted by atomic mass is 16.5. The van der Waals surface area contributed by atoms with E-state index in [1.807, 2.05) is 36.5 Å². The zero-order valence-electron chi connectivity index (χ0n) is 18.9. The zero-order valence-corrected chi connectivity index (χ0v) is 18.9. The molecule has 1 N–H and O–H groups in total. The van der Waals surface area contributed by atoms with E-state index in [9.17, 15) is 0 Å². The van der Waals surface area contributed by atoms with Crippen LogP contribution in [0.3, 0.4) is 0 Å². The summed E-state index contributed by atoms with van der Waals surface area (Å²) in [6.45, 7) is 4.87. The van der Waals surface area contributed by atoms with Crippen molar-refractivity contribution in [1.82, 2.24) is 19.4 Å². The summed E-state index contributed by atoms with van der Waals surface area (Å²) < 4.78 is 13.7. The summed E-state index contributed by atoms with van der Waals surface area (Å²) in [6, 6.07) is 18.5. The molecule has 7 heteroatoms. The number of benzene rings is 1. The molecule has 0 spiro atoms. The number of anilines is 2. The average molecular weight is 444 g/mol. The second kappa shape index (κ2) is 10.1. The van der Waals surface area contributed by atoms with Crippen LogP contribution >= 0.6 is 0 Å². The minimum atomic E-state index is -0.0375. The van der Waals surface area contributed by atoms with E-state index in [-0.39, 0.29) is 6.10 Å². The van der Waals surface area contributed by atoms with Gasteiger partial charge in [-0.2, -0.15) is 0 Å². The van der Waals surface area contributed by atoms with Gasteiger partial charge in [0.1, 0.15) is 11.9 Å². The van der Waals surface area contributed by atoms with Crippen LogP contribution in [0.25, 0.3) is 10.9 Å². The molecule has 0 bridgehead atoms. The number of aromatic nitrogens is 3. The van der Waals surface area contributed by atoms with Gasteiger partial charge < -0.3 is 19.4 Å². The number of pyridine rings is 2. The van der Waals surface area contributed by atoms with Gasteiger partial charge in [0, 0.05) is 56.6 Å². The molecule has 7 nitrogen and oxygen atoms in total. The molecule has 0 aliphatic carbocycles. The molecule has 4 aromatic rings. The number of morpholine rings is 1. The Balaban J connectivity index is 1.27. The third-order valence-corrected chi connectivity index (χ3v) is 6.01. The van der Waals surface area contributed by atoms with Crippen molar-refractivity contribution in [1.29, 1.82) is 0 Å². The normalized spacial score (nSPS) is 16.8. The molecular weight excluding hydrogens is 414 g/mol. The molecule has 0 saturated carbocycles. The molecule has 1 atom stereocenters. The van der Waals surface area contributed by atoms with Crippen LogP contribution in [0.4, 0.5) is 11.5 Å². The van der Waals surface area contributed by atoms with Crippen LogP contribution in [0.1, 0.15) is 17.4 Å². The van der Waals surface area contributed by atoms with Crippen molar-refractivity contribution < 1.29 is 9.47 Å². The van der Waals surface area contributed by atoms with Gasteiger partial charge in [-0.1, -0.05) is 24.3 Å². The van der Waals surface area contributed by atoms with Crippen molar-refractivity contribution in [3.05, 3.63) is 84.4 Å². The summed E-state index contributed by atoms with van der Waals surface area (Å²) in [6.07, 6.45) is 5.84. The second-order valence-corrected chi connectivity index (χ2v) is 8.26. The fourth-order valence-electron chi connectivity index (χ4n) is 4.34. The first-order valence-corrected chi connectivity index (χ1v) is 11.3. The quantitative estimate of drug-likeness (QED) is 0.436. The van der Waals surface area contributed by atoms with Crippen LogP contribution in [0, 0.1) is 0 Å². The van der Waals surface area contributed by atoms with Gasteiger partial charge in [-0.25, -0.2) is 4.98 Å². The Kier molecular flexibility index (Phi) is 6.62. The third kappa shape index (κ3) is 5.06. The van der Waals surface area contributed by atoms with Gasteiger partial charge in [-0.05, 0) is 35.9 Å². The molecular formula is C26H29N5O2. The summed E-state index contributed by atoms with van der Waals surface area (Å²) in [5, 5.41) is 4.58. The Bertz CT molecular complexity index is 1180. The molecule has 33 heavy (non-hydrogen) atoms. The van der Waals surface area contributed by atoms with Crippen LogP contribution in [-0.4, -0.2) is 52.8 Å². The van der Waals surface area contributed by atoms with Gasteiger partial charge in [-0.3, -0.25) is 9.88 Å². The Morgan fingerprint density at radius 1 is 1.09 bits per heavy atom. The maximum Gasteiger partial charge on any atom is 0.130 e. The number of nitrogens with one attached hydrogen (secondary N) is 1. The van der Waals surface area contributed by atoms with Gasteiger partial charge in [0.25, 0.3) is 0 Å².